The van der Waals surface area contributed by atoms with Crippen LogP contribution in [-0.4, -0.2) is 70.7 Å². The molecule has 0 aromatic carbocycles. The number of nitrogens with one attached hydrogen (secondary N) is 3. The molecular formula is C17H23N7O. The van der Waals surface area contributed by atoms with E-state index in [1.807, 2.05) is 12.1 Å². The number of aromatic amines is 1. The van der Waals surface area contributed by atoms with Gasteiger partial charge < -0.3 is 15.5 Å². The second kappa shape index (κ2) is 6.53. The first kappa shape index (κ1) is 16.2. The summed E-state index contributed by atoms with van der Waals surface area (Å²) in [6, 6.07) is 3.75. The van der Waals surface area contributed by atoms with E-state index in [0.29, 0.717) is 24.7 Å². The lowest BCUT2D eigenvalue weighted by molar-refractivity contribution is -0.130. The summed E-state index contributed by atoms with van der Waals surface area (Å²) in [5.41, 5.74) is 0.646. The number of rotatable bonds is 5. The third-order valence-corrected chi connectivity index (χ3v) is 5.27. The van der Waals surface area contributed by atoms with Gasteiger partial charge in [0.1, 0.15) is 5.82 Å². The third kappa shape index (κ3) is 3.03. The predicted molar refractivity (Wildman–Crippen MR) is 92.6 cm³/mol. The number of hydrogen-bond donors (Lipinski definition) is 3. The van der Waals surface area contributed by atoms with E-state index in [0.717, 1.165) is 37.6 Å². The van der Waals surface area contributed by atoms with Gasteiger partial charge >= 0.3 is 0 Å². The minimum Gasteiger partial charge on any atom is -0.355 e. The van der Waals surface area contributed by atoms with Crippen LogP contribution in [0.4, 0.5) is 0 Å². The lowest BCUT2D eigenvalue weighted by Gasteiger charge is -2.26. The van der Waals surface area contributed by atoms with Crippen LogP contribution < -0.4 is 10.6 Å². The van der Waals surface area contributed by atoms with Gasteiger partial charge in [-0.05, 0) is 19.2 Å². The highest BCUT2D eigenvalue weighted by molar-refractivity contribution is 5.84. The van der Waals surface area contributed by atoms with Crippen molar-refractivity contribution in [2.24, 2.45) is 11.3 Å². The first-order chi connectivity index (χ1) is 12.2. The summed E-state index contributed by atoms with van der Waals surface area (Å²) in [6.07, 6.45) is 4.07. The van der Waals surface area contributed by atoms with Crippen molar-refractivity contribution in [2.45, 2.75) is 6.42 Å². The molecule has 0 unspecified atom stereocenters. The van der Waals surface area contributed by atoms with Crippen molar-refractivity contribution in [2.75, 3.05) is 39.8 Å². The molecule has 2 aromatic heterocycles. The SMILES string of the molecule is CN1C[C@H]2CNC[C@@]2(C(=O)NCCc2nc(-c3ccncc3)n[nH]2)C1. The van der Waals surface area contributed by atoms with Crippen LogP contribution in [0, 0.1) is 11.3 Å². The van der Waals surface area contributed by atoms with Gasteiger partial charge in [-0.1, -0.05) is 0 Å². The van der Waals surface area contributed by atoms with Crippen molar-refractivity contribution >= 4 is 5.91 Å². The standard InChI is InChI=1S/C17H23N7O/c1-24-9-13-8-19-10-17(13,11-24)16(25)20-7-4-14-21-15(23-22-14)12-2-5-18-6-3-12/h2-3,5-6,13,19H,4,7-11H2,1H3,(H,20,25)(H,21,22,23)/t13-,17-/m1/s1. The molecule has 8 heteroatoms. The Balaban J connectivity index is 1.34. The number of aromatic nitrogens is 4. The maximum atomic E-state index is 12.8. The molecule has 0 radical (unpaired) electrons. The quantitative estimate of drug-likeness (QED) is 0.689. The Bertz CT molecular complexity index is 746. The second-order valence-electron chi connectivity index (χ2n) is 7.03. The van der Waals surface area contributed by atoms with Crippen LogP contribution in [0.3, 0.4) is 0 Å². The molecule has 0 bridgehead atoms. The van der Waals surface area contributed by atoms with E-state index in [4.69, 9.17) is 0 Å². The topological polar surface area (TPSA) is 98.8 Å². The first-order valence-electron chi connectivity index (χ1n) is 8.67. The summed E-state index contributed by atoms with van der Waals surface area (Å²) in [7, 11) is 2.09. The second-order valence-corrected chi connectivity index (χ2v) is 7.03. The molecule has 2 saturated heterocycles. The molecule has 4 heterocycles. The van der Waals surface area contributed by atoms with Gasteiger partial charge in [-0.25, -0.2) is 4.98 Å². The third-order valence-electron chi connectivity index (χ3n) is 5.27. The molecule has 1 amide bonds. The van der Waals surface area contributed by atoms with Crippen molar-refractivity contribution < 1.29 is 4.79 Å². The van der Waals surface area contributed by atoms with Crippen LogP contribution in [0.2, 0.25) is 0 Å². The highest BCUT2D eigenvalue weighted by Crippen LogP contribution is 2.38. The van der Waals surface area contributed by atoms with E-state index in [2.05, 4.69) is 42.7 Å². The molecule has 0 aliphatic carbocycles. The highest BCUT2D eigenvalue weighted by atomic mass is 16.2. The van der Waals surface area contributed by atoms with Crippen LogP contribution in [0.1, 0.15) is 5.82 Å². The number of carbonyl (C=O) groups is 1. The number of fused-ring (bicyclic) bond motifs is 1. The Kier molecular flexibility index (Phi) is 4.22. The maximum absolute atomic E-state index is 12.8. The fourth-order valence-electron chi connectivity index (χ4n) is 4.00. The van der Waals surface area contributed by atoms with E-state index in [1.54, 1.807) is 12.4 Å². The number of nitrogens with zero attached hydrogens (tertiary/aromatic N) is 4. The number of carbonyl (C=O) groups excluding carboxylic acids is 1. The number of hydrogen-bond acceptors (Lipinski definition) is 6. The van der Waals surface area contributed by atoms with Crippen LogP contribution in [0.5, 0.6) is 0 Å². The molecule has 2 aliphatic rings. The predicted octanol–water partition coefficient (Wildman–Crippen LogP) is -0.323. The van der Waals surface area contributed by atoms with Crippen molar-refractivity contribution in [3.05, 3.63) is 30.4 Å². The molecule has 25 heavy (non-hydrogen) atoms. The molecule has 0 saturated carbocycles. The average molecular weight is 341 g/mol. The minimum absolute atomic E-state index is 0.153. The Labute approximate surface area is 146 Å². The minimum atomic E-state index is -0.279. The largest absolute Gasteiger partial charge is 0.355 e. The van der Waals surface area contributed by atoms with Crippen molar-refractivity contribution in [1.82, 2.24) is 35.7 Å². The normalized spacial score (nSPS) is 25.9. The molecule has 2 aliphatic heterocycles. The summed E-state index contributed by atoms with van der Waals surface area (Å²) < 4.78 is 0. The van der Waals surface area contributed by atoms with Crippen LogP contribution in [0.25, 0.3) is 11.4 Å². The number of amides is 1. The van der Waals surface area contributed by atoms with E-state index in [9.17, 15) is 4.79 Å². The van der Waals surface area contributed by atoms with Gasteiger partial charge in [0, 0.05) is 63.0 Å². The van der Waals surface area contributed by atoms with Crippen LogP contribution in [0.15, 0.2) is 24.5 Å². The fourth-order valence-corrected chi connectivity index (χ4v) is 4.00. The molecule has 0 spiro atoms. The molecule has 3 N–H and O–H groups in total. The summed E-state index contributed by atoms with van der Waals surface area (Å²) in [4.78, 5) is 23.5. The summed E-state index contributed by atoms with van der Waals surface area (Å²) >= 11 is 0. The van der Waals surface area contributed by atoms with Gasteiger partial charge in [0.25, 0.3) is 0 Å². The molecule has 2 atom stereocenters. The average Bonchev–Trinajstić information content (AvgIpc) is 3.30. The molecule has 132 valence electrons. The van der Waals surface area contributed by atoms with E-state index in [1.165, 1.54) is 0 Å². The zero-order valence-electron chi connectivity index (χ0n) is 14.3. The Morgan fingerprint density at radius 3 is 3.12 bits per heavy atom. The van der Waals surface area contributed by atoms with E-state index < -0.39 is 0 Å². The number of likely N-dealkylation sites (tertiary alicyclic amines) is 1. The maximum Gasteiger partial charge on any atom is 0.229 e. The van der Waals surface area contributed by atoms with E-state index >= 15 is 0 Å². The summed E-state index contributed by atoms with van der Waals surface area (Å²) in [6.45, 7) is 4.06. The molecular weight excluding hydrogens is 318 g/mol. The lowest BCUT2D eigenvalue weighted by Crippen LogP contribution is -2.47. The Hall–Kier alpha value is -2.32. The zero-order valence-corrected chi connectivity index (χ0v) is 14.3. The number of H-pyrrole nitrogens is 1. The van der Waals surface area contributed by atoms with Crippen molar-refractivity contribution in [3.8, 4) is 11.4 Å². The van der Waals surface area contributed by atoms with Crippen LogP contribution in [-0.2, 0) is 11.2 Å². The molecule has 2 aromatic rings. The van der Waals surface area contributed by atoms with Gasteiger partial charge in [-0.2, -0.15) is 5.10 Å². The van der Waals surface area contributed by atoms with Gasteiger partial charge in [0.2, 0.25) is 5.91 Å². The van der Waals surface area contributed by atoms with E-state index in [-0.39, 0.29) is 11.3 Å². The zero-order chi connectivity index (χ0) is 17.3. The molecule has 2 fully saturated rings. The monoisotopic (exact) mass is 341 g/mol. The van der Waals surface area contributed by atoms with Gasteiger partial charge in [-0.3, -0.25) is 14.9 Å². The Morgan fingerprint density at radius 2 is 2.28 bits per heavy atom. The molecule has 8 nitrogen and oxygen atoms in total. The molecule has 4 rings (SSSR count). The van der Waals surface area contributed by atoms with Gasteiger partial charge in [0.05, 0.1) is 5.41 Å². The fraction of sp³-hybridized carbons (Fsp3) is 0.529. The Morgan fingerprint density at radius 1 is 1.44 bits per heavy atom. The summed E-state index contributed by atoms with van der Waals surface area (Å²) in [5, 5.41) is 13.7. The highest BCUT2D eigenvalue weighted by Gasteiger charge is 2.53. The first-order valence-corrected chi connectivity index (χ1v) is 8.67. The number of pyridine rings is 1. The van der Waals surface area contributed by atoms with Gasteiger partial charge in [0.15, 0.2) is 5.82 Å². The van der Waals surface area contributed by atoms with Crippen molar-refractivity contribution in [1.29, 1.82) is 0 Å². The smallest absolute Gasteiger partial charge is 0.229 e. The van der Waals surface area contributed by atoms with Crippen LogP contribution >= 0.6 is 0 Å². The summed E-state index contributed by atoms with van der Waals surface area (Å²) in [5.74, 6) is 1.98. The van der Waals surface area contributed by atoms with Crippen molar-refractivity contribution in [3.63, 3.8) is 0 Å². The lowest BCUT2D eigenvalue weighted by atomic mass is 9.80. The van der Waals surface area contributed by atoms with Gasteiger partial charge in [-0.15, -0.1) is 0 Å².